The molecule has 2 aromatic carbocycles. The van der Waals surface area contributed by atoms with E-state index in [4.69, 9.17) is 4.74 Å². The van der Waals surface area contributed by atoms with Crippen molar-refractivity contribution in [3.8, 4) is 28.4 Å². The van der Waals surface area contributed by atoms with Gasteiger partial charge in [-0.25, -0.2) is 0 Å². The van der Waals surface area contributed by atoms with E-state index in [0.29, 0.717) is 16.9 Å². The van der Waals surface area contributed by atoms with Crippen LogP contribution < -0.4 is 4.74 Å². The number of phenols is 2. The van der Waals surface area contributed by atoms with Gasteiger partial charge in [0.2, 0.25) is 0 Å². The Morgan fingerprint density at radius 1 is 0.895 bits per heavy atom. The molecule has 3 heteroatoms. The molecule has 0 aromatic heterocycles. The molecule has 0 unspecified atom stereocenters. The summed E-state index contributed by atoms with van der Waals surface area (Å²) in [6.45, 7) is 0. The second kappa shape index (κ2) is 4.50. The van der Waals surface area contributed by atoms with Gasteiger partial charge in [-0.1, -0.05) is 0 Å². The van der Waals surface area contributed by atoms with Crippen molar-refractivity contribution in [2.75, 3.05) is 7.11 Å². The Balaban J connectivity index is 2.16. The average molecular weight is 256 g/mol. The quantitative estimate of drug-likeness (QED) is 0.867. The van der Waals surface area contributed by atoms with Crippen LogP contribution in [0.1, 0.15) is 17.5 Å². The van der Waals surface area contributed by atoms with Crippen LogP contribution in [-0.2, 0) is 12.8 Å². The first-order valence-corrected chi connectivity index (χ1v) is 6.41. The van der Waals surface area contributed by atoms with Crippen molar-refractivity contribution in [2.24, 2.45) is 0 Å². The van der Waals surface area contributed by atoms with Gasteiger partial charge in [-0.15, -0.1) is 0 Å². The lowest BCUT2D eigenvalue weighted by Gasteiger charge is -2.11. The molecule has 0 fully saturated rings. The third-order valence-electron chi connectivity index (χ3n) is 3.70. The molecule has 2 aromatic rings. The highest BCUT2D eigenvalue weighted by molar-refractivity contribution is 5.77. The topological polar surface area (TPSA) is 49.7 Å². The predicted octanol–water partition coefficient (Wildman–Crippen LogP) is 3.26. The normalized spacial score (nSPS) is 13.3. The molecule has 0 aliphatic heterocycles. The Hall–Kier alpha value is -2.16. The molecule has 3 nitrogen and oxygen atoms in total. The van der Waals surface area contributed by atoms with Crippen molar-refractivity contribution in [1.82, 2.24) is 0 Å². The maximum absolute atomic E-state index is 10.2. The molecule has 1 aliphatic rings. The number of fused-ring (bicyclic) bond motifs is 1. The highest BCUT2D eigenvalue weighted by atomic mass is 16.5. The third-order valence-corrected chi connectivity index (χ3v) is 3.70. The van der Waals surface area contributed by atoms with Crippen LogP contribution in [0.4, 0.5) is 0 Å². The van der Waals surface area contributed by atoms with Crippen LogP contribution in [0.25, 0.3) is 11.1 Å². The maximum Gasteiger partial charge on any atom is 0.123 e. The molecule has 0 heterocycles. The van der Waals surface area contributed by atoms with E-state index in [9.17, 15) is 10.2 Å². The fourth-order valence-electron chi connectivity index (χ4n) is 2.68. The Morgan fingerprint density at radius 3 is 2.32 bits per heavy atom. The van der Waals surface area contributed by atoms with Crippen LogP contribution in [-0.4, -0.2) is 17.3 Å². The number of aromatic hydroxyl groups is 2. The summed E-state index contributed by atoms with van der Waals surface area (Å²) >= 11 is 0. The van der Waals surface area contributed by atoms with E-state index in [1.807, 2.05) is 12.1 Å². The van der Waals surface area contributed by atoms with Gasteiger partial charge in [0.1, 0.15) is 17.2 Å². The fraction of sp³-hybridized carbons (Fsp3) is 0.250. The van der Waals surface area contributed by atoms with Crippen molar-refractivity contribution >= 4 is 0 Å². The minimum atomic E-state index is 0.147. The molecule has 98 valence electrons. The molecule has 19 heavy (non-hydrogen) atoms. The van der Waals surface area contributed by atoms with Gasteiger partial charge in [0.05, 0.1) is 7.11 Å². The Bertz CT molecular complexity index is 632. The molecule has 0 spiro atoms. The summed E-state index contributed by atoms with van der Waals surface area (Å²) in [5.41, 5.74) is 3.74. The first-order chi connectivity index (χ1) is 9.19. The summed E-state index contributed by atoms with van der Waals surface area (Å²) in [4.78, 5) is 0. The minimum absolute atomic E-state index is 0.147. The number of aryl methyl sites for hydroxylation is 2. The number of benzene rings is 2. The van der Waals surface area contributed by atoms with Crippen molar-refractivity contribution in [3.63, 3.8) is 0 Å². The molecule has 0 amide bonds. The van der Waals surface area contributed by atoms with Gasteiger partial charge >= 0.3 is 0 Å². The van der Waals surface area contributed by atoms with E-state index in [2.05, 4.69) is 0 Å². The van der Waals surface area contributed by atoms with Gasteiger partial charge in [-0.3, -0.25) is 0 Å². The second-order valence-electron chi connectivity index (χ2n) is 4.87. The van der Waals surface area contributed by atoms with Gasteiger partial charge in [0.15, 0.2) is 0 Å². The van der Waals surface area contributed by atoms with Crippen molar-refractivity contribution in [3.05, 3.63) is 41.5 Å². The summed E-state index contributed by atoms with van der Waals surface area (Å²) in [6.07, 6.45) is 3.18. The smallest absolute Gasteiger partial charge is 0.123 e. The highest BCUT2D eigenvalue weighted by Crippen LogP contribution is 2.40. The average Bonchev–Trinajstić information content (AvgIpc) is 2.85. The van der Waals surface area contributed by atoms with Gasteiger partial charge in [-0.2, -0.15) is 0 Å². The second-order valence-corrected chi connectivity index (χ2v) is 4.87. The van der Waals surface area contributed by atoms with Crippen LogP contribution in [0.5, 0.6) is 17.2 Å². The maximum atomic E-state index is 10.2. The van der Waals surface area contributed by atoms with E-state index in [0.717, 1.165) is 19.3 Å². The number of phenolic OH excluding ortho intramolecular Hbond substituents is 2. The summed E-state index contributed by atoms with van der Waals surface area (Å²) in [5, 5.41) is 20.2. The molecule has 0 saturated carbocycles. The fourth-order valence-corrected chi connectivity index (χ4v) is 2.68. The van der Waals surface area contributed by atoms with E-state index in [1.54, 1.807) is 25.3 Å². The Labute approximate surface area is 112 Å². The summed E-state index contributed by atoms with van der Waals surface area (Å²) in [5.74, 6) is 1.02. The zero-order chi connectivity index (χ0) is 13.4. The molecule has 0 saturated heterocycles. The number of rotatable bonds is 2. The molecule has 3 rings (SSSR count). The summed E-state index contributed by atoms with van der Waals surface area (Å²) in [6, 6.07) is 8.82. The predicted molar refractivity (Wildman–Crippen MR) is 73.8 cm³/mol. The monoisotopic (exact) mass is 256 g/mol. The first kappa shape index (κ1) is 11.9. The minimum Gasteiger partial charge on any atom is -0.507 e. The van der Waals surface area contributed by atoms with E-state index in [1.165, 1.54) is 11.1 Å². The molecule has 0 bridgehead atoms. The van der Waals surface area contributed by atoms with Crippen molar-refractivity contribution in [2.45, 2.75) is 19.3 Å². The van der Waals surface area contributed by atoms with E-state index in [-0.39, 0.29) is 11.5 Å². The number of methoxy groups -OCH3 is 1. The molecule has 1 aliphatic carbocycles. The van der Waals surface area contributed by atoms with Gasteiger partial charge < -0.3 is 14.9 Å². The van der Waals surface area contributed by atoms with Gasteiger partial charge in [0.25, 0.3) is 0 Å². The lowest BCUT2D eigenvalue weighted by molar-refractivity contribution is 0.412. The highest BCUT2D eigenvalue weighted by Gasteiger charge is 2.17. The van der Waals surface area contributed by atoms with Gasteiger partial charge in [0, 0.05) is 11.1 Å². The van der Waals surface area contributed by atoms with Crippen molar-refractivity contribution < 1.29 is 14.9 Å². The lowest BCUT2D eigenvalue weighted by atomic mass is 9.98. The summed E-state index contributed by atoms with van der Waals surface area (Å²) in [7, 11) is 1.58. The molecular formula is C16H16O3. The SMILES string of the molecule is COc1ccc(O)c(-c2cc3c(cc2O)CCC3)c1. The first-order valence-electron chi connectivity index (χ1n) is 6.41. The van der Waals surface area contributed by atoms with Crippen molar-refractivity contribution in [1.29, 1.82) is 0 Å². The zero-order valence-corrected chi connectivity index (χ0v) is 10.8. The molecule has 0 atom stereocenters. The molecule has 0 radical (unpaired) electrons. The number of hydrogen-bond donors (Lipinski definition) is 2. The Kier molecular flexibility index (Phi) is 2.82. The van der Waals surface area contributed by atoms with Crippen LogP contribution >= 0.6 is 0 Å². The lowest BCUT2D eigenvalue weighted by Crippen LogP contribution is -1.89. The largest absolute Gasteiger partial charge is 0.507 e. The van der Waals surface area contributed by atoms with E-state index < -0.39 is 0 Å². The van der Waals surface area contributed by atoms with E-state index >= 15 is 0 Å². The summed E-state index contributed by atoms with van der Waals surface area (Å²) < 4.78 is 5.17. The standard InChI is InChI=1S/C16H16O3/c1-19-12-5-6-15(17)14(9-12)13-7-10-3-2-4-11(10)8-16(13)18/h5-9,17-18H,2-4H2,1H3. The number of ether oxygens (including phenoxy) is 1. The molecule has 2 N–H and O–H groups in total. The van der Waals surface area contributed by atoms with Gasteiger partial charge in [-0.05, 0) is 60.7 Å². The van der Waals surface area contributed by atoms with Crippen LogP contribution in [0.3, 0.4) is 0 Å². The van der Waals surface area contributed by atoms with Crippen LogP contribution in [0, 0.1) is 0 Å². The van der Waals surface area contributed by atoms with Crippen LogP contribution in [0.2, 0.25) is 0 Å². The zero-order valence-electron chi connectivity index (χ0n) is 10.8. The van der Waals surface area contributed by atoms with Crippen LogP contribution in [0.15, 0.2) is 30.3 Å². The molecular weight excluding hydrogens is 240 g/mol. The number of hydrogen-bond acceptors (Lipinski definition) is 3. The Morgan fingerprint density at radius 2 is 1.58 bits per heavy atom. The third kappa shape index (κ3) is 2.01.